The quantitative estimate of drug-likeness (QED) is 0.528. The first-order valence-corrected chi connectivity index (χ1v) is 6.83. The van der Waals surface area contributed by atoms with E-state index in [1.807, 2.05) is 0 Å². The third kappa shape index (κ3) is 3.00. The number of amidine groups is 2. The van der Waals surface area contributed by atoms with Gasteiger partial charge in [-0.2, -0.15) is 0 Å². The Balaban J connectivity index is 2.20. The van der Waals surface area contributed by atoms with Crippen LogP contribution in [0.2, 0.25) is 0 Å². The zero-order chi connectivity index (χ0) is 12.8. The van der Waals surface area contributed by atoms with Gasteiger partial charge in [-0.3, -0.25) is 9.15 Å². The Morgan fingerprint density at radius 3 is 1.72 bits per heavy atom. The van der Waals surface area contributed by atoms with Crippen LogP contribution < -0.4 is 0 Å². The second kappa shape index (κ2) is 6.38. The summed E-state index contributed by atoms with van der Waals surface area (Å²) in [6.45, 7) is 8.37. The largest absolute Gasteiger partial charge is 0.371 e. The maximum atomic E-state index is 4.41. The van der Waals surface area contributed by atoms with Gasteiger partial charge >= 0.3 is 11.7 Å². The first-order valence-electron chi connectivity index (χ1n) is 6.83. The van der Waals surface area contributed by atoms with Crippen molar-refractivity contribution in [3.63, 3.8) is 0 Å². The van der Waals surface area contributed by atoms with Crippen LogP contribution in [0.1, 0.15) is 26.7 Å². The summed E-state index contributed by atoms with van der Waals surface area (Å²) in [5.41, 5.74) is 0. The van der Waals surface area contributed by atoms with E-state index in [9.17, 15) is 0 Å². The molecule has 0 aromatic heterocycles. The van der Waals surface area contributed by atoms with Gasteiger partial charge in [0.05, 0.1) is 26.2 Å². The van der Waals surface area contributed by atoms with Gasteiger partial charge in [-0.25, -0.2) is 0 Å². The van der Waals surface area contributed by atoms with Gasteiger partial charge in [0.15, 0.2) is 10.2 Å². The van der Waals surface area contributed by atoms with Gasteiger partial charge < -0.3 is 0 Å². The van der Waals surface area contributed by atoms with E-state index >= 15 is 0 Å². The first kappa shape index (κ1) is 12.9. The fourth-order valence-electron chi connectivity index (χ4n) is 2.21. The van der Waals surface area contributed by atoms with Crippen molar-refractivity contribution in [2.45, 2.75) is 26.7 Å². The summed E-state index contributed by atoms with van der Waals surface area (Å²) in [5, 5.41) is 8.82. The monoisotopic (exact) mass is 246 g/mol. The molecular formula is C14H22N4+2. The third-order valence-corrected chi connectivity index (χ3v) is 3.33. The van der Waals surface area contributed by atoms with Crippen molar-refractivity contribution < 1.29 is 9.15 Å². The second-order valence-corrected chi connectivity index (χ2v) is 4.46. The third-order valence-electron chi connectivity index (χ3n) is 3.33. The fraction of sp³-hybridized carbons (Fsp3) is 0.571. The zero-order valence-electron chi connectivity index (χ0n) is 11.3. The highest BCUT2D eigenvalue weighted by Gasteiger charge is 2.20. The number of hydrogen-bond donors (Lipinski definition) is 0. The topological polar surface area (TPSA) is 30.7 Å². The predicted molar refractivity (Wildman–Crippen MR) is 73.7 cm³/mol. The van der Waals surface area contributed by atoms with Gasteiger partial charge in [0.2, 0.25) is 0 Å². The molecule has 0 spiro atoms. The van der Waals surface area contributed by atoms with Gasteiger partial charge in [-0.05, 0) is 13.8 Å². The summed E-state index contributed by atoms with van der Waals surface area (Å²) in [6.07, 6.45) is 10.7. The first-order chi connectivity index (χ1) is 8.85. The van der Waals surface area contributed by atoms with E-state index in [-0.39, 0.29) is 0 Å². The minimum Gasteiger partial charge on any atom is -0.255 e. The summed E-state index contributed by atoms with van der Waals surface area (Å²) in [7, 11) is 0. The van der Waals surface area contributed by atoms with Crippen LogP contribution in [0.15, 0.2) is 34.5 Å². The molecule has 0 aromatic carbocycles. The molecule has 2 rings (SSSR count). The molecule has 2 heterocycles. The summed E-state index contributed by atoms with van der Waals surface area (Å²) < 4.78 is 4.51. The van der Waals surface area contributed by atoms with E-state index in [1.165, 1.54) is 0 Å². The lowest BCUT2D eigenvalue weighted by molar-refractivity contribution is -0.526. The van der Waals surface area contributed by atoms with Crippen LogP contribution in [-0.4, -0.2) is 47.0 Å². The van der Waals surface area contributed by atoms with Crippen molar-refractivity contribution in [3.05, 3.63) is 24.3 Å². The lowest BCUT2D eigenvalue weighted by Crippen LogP contribution is -2.24. The Kier molecular flexibility index (Phi) is 4.56. The summed E-state index contributed by atoms with van der Waals surface area (Å²) in [5.74, 6) is 1.96. The molecular weight excluding hydrogens is 224 g/mol. The van der Waals surface area contributed by atoms with Crippen LogP contribution in [0.4, 0.5) is 0 Å². The number of rotatable bonds is 2. The SMILES string of the molecule is CC[N+]1=C(N=NC2=[N+](CC)CCC=C2)C=CCC1. The Labute approximate surface area is 109 Å². The van der Waals surface area contributed by atoms with Crippen LogP contribution >= 0.6 is 0 Å². The maximum Gasteiger partial charge on any atom is 0.371 e. The molecule has 0 bridgehead atoms. The molecule has 0 unspecified atom stereocenters. The highest BCUT2D eigenvalue weighted by atomic mass is 15.2. The van der Waals surface area contributed by atoms with Crippen LogP contribution in [-0.2, 0) is 0 Å². The number of hydrogen-bond acceptors (Lipinski definition) is 2. The zero-order valence-corrected chi connectivity index (χ0v) is 11.3. The molecule has 0 amide bonds. The van der Waals surface area contributed by atoms with Crippen molar-refractivity contribution in [1.29, 1.82) is 0 Å². The van der Waals surface area contributed by atoms with Gasteiger partial charge in [0.1, 0.15) is 0 Å². The average Bonchev–Trinajstić information content (AvgIpc) is 2.45. The average molecular weight is 246 g/mol. The number of azo groups is 1. The molecule has 0 N–H and O–H groups in total. The molecule has 2 aliphatic heterocycles. The van der Waals surface area contributed by atoms with Gasteiger partial charge in [0.25, 0.3) is 0 Å². The van der Waals surface area contributed by atoms with E-state index in [2.05, 4.69) is 57.5 Å². The molecule has 0 aromatic rings. The van der Waals surface area contributed by atoms with Crippen molar-refractivity contribution in [2.75, 3.05) is 26.2 Å². The highest BCUT2D eigenvalue weighted by Crippen LogP contribution is 2.02. The minimum atomic E-state index is 0.978. The van der Waals surface area contributed by atoms with Gasteiger partial charge in [0, 0.05) is 25.0 Å². The van der Waals surface area contributed by atoms with Crippen molar-refractivity contribution in [2.24, 2.45) is 10.2 Å². The molecule has 0 radical (unpaired) electrons. The highest BCUT2D eigenvalue weighted by molar-refractivity contribution is 5.93. The molecule has 4 heteroatoms. The molecule has 4 nitrogen and oxygen atoms in total. The van der Waals surface area contributed by atoms with Gasteiger partial charge in [-0.15, -0.1) is 0 Å². The standard InChI is InChI=1S/C14H22N4/c1-3-17-11-7-5-9-13(17)15-16-14-10-6-8-12-18(14)4-2/h5-6,9-10H,3-4,7-8,11-12H2,1-2H3/q+2. The Hall–Kier alpha value is -1.58. The van der Waals surface area contributed by atoms with E-state index in [1.54, 1.807) is 0 Å². The normalized spacial score (nSPS) is 20.3. The van der Waals surface area contributed by atoms with E-state index in [0.717, 1.165) is 50.7 Å². The summed E-state index contributed by atoms with van der Waals surface area (Å²) in [6, 6.07) is 0. The summed E-state index contributed by atoms with van der Waals surface area (Å²) in [4.78, 5) is 0. The Bertz CT molecular complexity index is 410. The fourth-order valence-corrected chi connectivity index (χ4v) is 2.21. The second-order valence-electron chi connectivity index (χ2n) is 4.46. The molecule has 0 fully saturated rings. The van der Waals surface area contributed by atoms with Crippen LogP contribution in [0.5, 0.6) is 0 Å². The molecule has 18 heavy (non-hydrogen) atoms. The van der Waals surface area contributed by atoms with Crippen LogP contribution in [0.25, 0.3) is 0 Å². The Morgan fingerprint density at radius 1 is 0.889 bits per heavy atom. The smallest absolute Gasteiger partial charge is 0.255 e. The lowest BCUT2D eigenvalue weighted by atomic mass is 10.3. The van der Waals surface area contributed by atoms with E-state index in [4.69, 9.17) is 0 Å². The molecule has 0 atom stereocenters. The summed E-state index contributed by atoms with van der Waals surface area (Å²) >= 11 is 0. The molecule has 96 valence electrons. The van der Waals surface area contributed by atoms with E-state index in [0.29, 0.717) is 0 Å². The predicted octanol–water partition coefficient (Wildman–Crippen LogP) is 2.22. The van der Waals surface area contributed by atoms with Crippen molar-refractivity contribution >= 4 is 11.7 Å². The molecule has 0 saturated carbocycles. The Morgan fingerprint density at radius 2 is 1.33 bits per heavy atom. The van der Waals surface area contributed by atoms with Crippen molar-refractivity contribution in [3.8, 4) is 0 Å². The van der Waals surface area contributed by atoms with E-state index < -0.39 is 0 Å². The van der Waals surface area contributed by atoms with Crippen LogP contribution in [0, 0.1) is 0 Å². The molecule has 0 aliphatic carbocycles. The molecule has 0 saturated heterocycles. The minimum absolute atomic E-state index is 0.978. The maximum absolute atomic E-state index is 4.41. The number of nitrogens with zero attached hydrogens (tertiary/aromatic N) is 4. The lowest BCUT2D eigenvalue weighted by Gasteiger charge is -2.06. The van der Waals surface area contributed by atoms with Gasteiger partial charge in [-0.1, -0.05) is 12.2 Å². The van der Waals surface area contributed by atoms with Crippen LogP contribution in [0.3, 0.4) is 0 Å². The van der Waals surface area contributed by atoms with Crippen molar-refractivity contribution in [1.82, 2.24) is 0 Å². The molecule has 2 aliphatic rings.